The average molecular weight is 403 g/mol. The summed E-state index contributed by atoms with van der Waals surface area (Å²) >= 11 is 6.60. The zero-order valence-electron chi connectivity index (χ0n) is 10.2. The van der Waals surface area contributed by atoms with Crippen molar-refractivity contribution in [3.05, 3.63) is 74.0 Å². The SMILES string of the molecule is O=[N+]([O-])c1ccccc1CC(Br)c1ccc(Br)cc1F. The summed E-state index contributed by atoms with van der Waals surface area (Å²) in [5.74, 6) is -0.347. The van der Waals surface area contributed by atoms with Crippen molar-refractivity contribution in [2.45, 2.75) is 11.2 Å². The van der Waals surface area contributed by atoms with Crippen LogP contribution in [0.5, 0.6) is 0 Å². The predicted octanol–water partition coefficient (Wildman–Crippen LogP) is 5.18. The van der Waals surface area contributed by atoms with E-state index < -0.39 is 4.92 Å². The summed E-state index contributed by atoms with van der Waals surface area (Å²) < 4.78 is 14.5. The first-order valence-corrected chi connectivity index (χ1v) is 7.51. The van der Waals surface area contributed by atoms with Crippen LogP contribution in [0.15, 0.2) is 46.9 Å². The summed E-state index contributed by atoms with van der Waals surface area (Å²) in [4.78, 5) is 10.2. The summed E-state index contributed by atoms with van der Waals surface area (Å²) in [5, 5.41) is 11.0. The van der Waals surface area contributed by atoms with Gasteiger partial charge in [0, 0.05) is 26.5 Å². The molecule has 0 fully saturated rings. The Labute approximate surface area is 132 Å². The Bertz CT molecular complexity index is 649. The summed E-state index contributed by atoms with van der Waals surface area (Å²) in [6.07, 6.45) is 0.343. The number of nitro groups is 1. The van der Waals surface area contributed by atoms with E-state index in [0.29, 0.717) is 22.0 Å². The number of nitro benzene ring substituents is 1. The lowest BCUT2D eigenvalue weighted by atomic mass is 10.0. The largest absolute Gasteiger partial charge is 0.272 e. The van der Waals surface area contributed by atoms with Crippen LogP contribution in [0, 0.1) is 15.9 Å². The molecule has 0 heterocycles. The van der Waals surface area contributed by atoms with Crippen LogP contribution in [0.25, 0.3) is 0 Å². The number of halogens is 3. The number of rotatable bonds is 4. The van der Waals surface area contributed by atoms with Crippen LogP contribution in [-0.2, 0) is 6.42 Å². The van der Waals surface area contributed by atoms with Gasteiger partial charge in [-0.2, -0.15) is 0 Å². The summed E-state index contributed by atoms with van der Waals surface area (Å²) in [6.45, 7) is 0. The molecule has 1 unspecified atom stereocenters. The number of hydrogen-bond donors (Lipinski definition) is 0. The van der Waals surface area contributed by atoms with Crippen LogP contribution in [0.4, 0.5) is 10.1 Å². The smallest absolute Gasteiger partial charge is 0.258 e. The zero-order valence-corrected chi connectivity index (χ0v) is 13.4. The molecule has 0 N–H and O–H groups in total. The van der Waals surface area contributed by atoms with Gasteiger partial charge in [0.15, 0.2) is 0 Å². The Morgan fingerprint density at radius 3 is 2.60 bits per heavy atom. The van der Waals surface area contributed by atoms with Crippen molar-refractivity contribution < 1.29 is 9.31 Å². The second-order valence-electron chi connectivity index (χ2n) is 4.22. The Hall–Kier alpha value is -1.27. The van der Waals surface area contributed by atoms with Crippen molar-refractivity contribution in [3.8, 4) is 0 Å². The van der Waals surface area contributed by atoms with Gasteiger partial charge in [-0.1, -0.05) is 56.1 Å². The lowest BCUT2D eigenvalue weighted by molar-refractivity contribution is -0.385. The maximum atomic E-state index is 13.9. The highest BCUT2D eigenvalue weighted by molar-refractivity contribution is 9.10. The van der Waals surface area contributed by atoms with E-state index in [2.05, 4.69) is 31.9 Å². The molecule has 0 spiro atoms. The van der Waals surface area contributed by atoms with Crippen molar-refractivity contribution in [1.29, 1.82) is 0 Å². The third-order valence-corrected chi connectivity index (χ3v) is 4.20. The van der Waals surface area contributed by atoms with Gasteiger partial charge in [0.1, 0.15) is 5.82 Å². The molecule has 104 valence electrons. The molecule has 3 nitrogen and oxygen atoms in total. The maximum Gasteiger partial charge on any atom is 0.272 e. The van der Waals surface area contributed by atoms with Gasteiger partial charge in [0.2, 0.25) is 0 Å². The Balaban J connectivity index is 2.28. The van der Waals surface area contributed by atoms with Gasteiger partial charge < -0.3 is 0 Å². The molecule has 2 aromatic carbocycles. The minimum Gasteiger partial charge on any atom is -0.258 e. The van der Waals surface area contributed by atoms with Crippen LogP contribution in [0.1, 0.15) is 16.0 Å². The highest BCUT2D eigenvalue weighted by atomic mass is 79.9. The molecule has 2 aromatic rings. The van der Waals surface area contributed by atoms with Gasteiger partial charge in [-0.3, -0.25) is 10.1 Å². The van der Waals surface area contributed by atoms with Crippen molar-refractivity contribution in [3.63, 3.8) is 0 Å². The number of alkyl halides is 1. The first-order valence-electron chi connectivity index (χ1n) is 5.80. The van der Waals surface area contributed by atoms with Crippen molar-refractivity contribution in [2.24, 2.45) is 0 Å². The molecule has 6 heteroatoms. The predicted molar refractivity (Wildman–Crippen MR) is 82.6 cm³/mol. The molecular weight excluding hydrogens is 393 g/mol. The van der Waals surface area contributed by atoms with Crippen LogP contribution in [0.3, 0.4) is 0 Å². The minimum atomic E-state index is -0.424. The molecule has 0 saturated heterocycles. The second kappa shape index (κ2) is 6.45. The van der Waals surface area contributed by atoms with E-state index in [9.17, 15) is 14.5 Å². The molecule has 0 bridgehead atoms. The van der Waals surface area contributed by atoms with Crippen LogP contribution in [-0.4, -0.2) is 4.92 Å². The van der Waals surface area contributed by atoms with Gasteiger partial charge in [0.05, 0.1) is 4.92 Å². The molecule has 0 aliphatic heterocycles. The third-order valence-electron chi connectivity index (χ3n) is 2.89. The molecular formula is C14H10Br2FNO2. The number of nitrogens with zero attached hydrogens (tertiary/aromatic N) is 1. The van der Waals surface area contributed by atoms with E-state index in [1.807, 2.05) is 0 Å². The highest BCUT2D eigenvalue weighted by Crippen LogP contribution is 2.33. The molecule has 1 atom stereocenters. The third kappa shape index (κ3) is 3.43. The van der Waals surface area contributed by atoms with Gasteiger partial charge in [-0.15, -0.1) is 0 Å². The first-order chi connectivity index (χ1) is 9.49. The second-order valence-corrected chi connectivity index (χ2v) is 6.24. The Kier molecular flexibility index (Phi) is 4.88. The van der Waals surface area contributed by atoms with Crippen LogP contribution < -0.4 is 0 Å². The molecule has 0 radical (unpaired) electrons. The van der Waals surface area contributed by atoms with E-state index in [-0.39, 0.29) is 16.3 Å². The molecule has 0 aromatic heterocycles. The van der Waals surface area contributed by atoms with Gasteiger partial charge in [0.25, 0.3) is 5.69 Å². The fourth-order valence-corrected chi connectivity index (χ4v) is 2.97. The van der Waals surface area contributed by atoms with Crippen molar-refractivity contribution in [2.75, 3.05) is 0 Å². The molecule has 0 amide bonds. The fourth-order valence-electron chi connectivity index (χ4n) is 1.92. The van der Waals surface area contributed by atoms with Gasteiger partial charge in [-0.05, 0) is 18.6 Å². The van der Waals surface area contributed by atoms with E-state index in [1.54, 1.807) is 30.3 Å². The molecule has 0 saturated carbocycles. The molecule has 0 aliphatic rings. The molecule has 2 rings (SSSR count). The van der Waals surface area contributed by atoms with Crippen LogP contribution >= 0.6 is 31.9 Å². The Morgan fingerprint density at radius 1 is 1.25 bits per heavy atom. The summed E-state index contributed by atoms with van der Waals surface area (Å²) in [6, 6.07) is 11.3. The monoisotopic (exact) mass is 401 g/mol. The summed E-state index contributed by atoms with van der Waals surface area (Å²) in [7, 11) is 0. The average Bonchev–Trinajstić information content (AvgIpc) is 2.38. The lowest BCUT2D eigenvalue weighted by Gasteiger charge is -2.12. The lowest BCUT2D eigenvalue weighted by Crippen LogP contribution is -2.01. The van der Waals surface area contributed by atoms with E-state index in [1.165, 1.54) is 12.1 Å². The highest BCUT2D eigenvalue weighted by Gasteiger charge is 2.19. The summed E-state index contributed by atoms with van der Waals surface area (Å²) in [5.41, 5.74) is 1.10. The van der Waals surface area contributed by atoms with E-state index in [4.69, 9.17) is 0 Å². The van der Waals surface area contributed by atoms with Gasteiger partial charge in [-0.25, -0.2) is 4.39 Å². The van der Waals surface area contributed by atoms with E-state index >= 15 is 0 Å². The Morgan fingerprint density at radius 2 is 1.95 bits per heavy atom. The topological polar surface area (TPSA) is 43.1 Å². The number of hydrogen-bond acceptors (Lipinski definition) is 2. The molecule has 0 aliphatic carbocycles. The zero-order chi connectivity index (χ0) is 14.7. The minimum absolute atomic E-state index is 0.0504. The number of benzene rings is 2. The quantitative estimate of drug-likeness (QED) is 0.402. The first kappa shape index (κ1) is 15.1. The van der Waals surface area contributed by atoms with Crippen molar-refractivity contribution >= 4 is 37.5 Å². The van der Waals surface area contributed by atoms with Crippen molar-refractivity contribution in [1.82, 2.24) is 0 Å². The van der Waals surface area contributed by atoms with Gasteiger partial charge >= 0.3 is 0 Å². The normalized spacial score (nSPS) is 12.2. The fraction of sp³-hybridized carbons (Fsp3) is 0.143. The van der Waals surface area contributed by atoms with E-state index in [0.717, 1.165) is 0 Å². The standard InChI is InChI=1S/C14H10Br2FNO2/c15-10-5-6-11(13(17)8-10)12(16)7-9-3-1-2-4-14(9)18(19)20/h1-6,8,12H,7H2. The van der Waals surface area contributed by atoms with Crippen LogP contribution in [0.2, 0.25) is 0 Å². The maximum absolute atomic E-state index is 13.9. The molecule has 20 heavy (non-hydrogen) atoms. The number of para-hydroxylation sites is 1.